The number of rotatable bonds is 12. The third kappa shape index (κ3) is 6.71. The zero-order chi connectivity index (χ0) is 27.8. The summed E-state index contributed by atoms with van der Waals surface area (Å²) >= 11 is 1.77. The lowest BCUT2D eigenvalue weighted by atomic mass is 9.63. The first-order valence-corrected chi connectivity index (χ1v) is 15.7. The van der Waals surface area contributed by atoms with Gasteiger partial charge in [-0.3, -0.25) is 4.98 Å². The quantitative estimate of drug-likeness (QED) is 0.271. The molecule has 5 rings (SSSR count). The van der Waals surface area contributed by atoms with Crippen molar-refractivity contribution >= 4 is 17.4 Å². The van der Waals surface area contributed by atoms with E-state index in [2.05, 4.69) is 76.3 Å². The predicted octanol–water partition coefficient (Wildman–Crippen LogP) is 6.64. The summed E-state index contributed by atoms with van der Waals surface area (Å²) in [5.41, 5.74) is 1.91. The average Bonchev–Trinajstić information content (AvgIpc) is 2.99. The molecule has 0 bridgehead atoms. The van der Waals surface area contributed by atoms with Crippen molar-refractivity contribution in [2.45, 2.75) is 54.2 Å². The van der Waals surface area contributed by atoms with Crippen LogP contribution in [0.25, 0.3) is 0 Å². The minimum Gasteiger partial charge on any atom is -0.396 e. The highest BCUT2D eigenvalue weighted by Gasteiger charge is 2.44. The number of anilines is 1. The maximum absolute atomic E-state index is 10.6. The molecular formula is C34H42N4OS. The summed E-state index contributed by atoms with van der Waals surface area (Å²) in [6.07, 6.45) is 8.51. The monoisotopic (exact) mass is 554 g/mol. The molecule has 2 saturated heterocycles. The lowest BCUT2D eigenvalue weighted by Crippen LogP contribution is -2.53. The number of piperidine rings is 1. The van der Waals surface area contributed by atoms with E-state index in [1.54, 1.807) is 11.8 Å². The second-order valence-corrected chi connectivity index (χ2v) is 12.8. The third-order valence-electron chi connectivity index (χ3n) is 8.90. The summed E-state index contributed by atoms with van der Waals surface area (Å²) in [6.45, 7) is 7.78. The van der Waals surface area contributed by atoms with Crippen LogP contribution >= 0.6 is 11.8 Å². The summed E-state index contributed by atoms with van der Waals surface area (Å²) in [5.74, 6) is 1.19. The molecule has 40 heavy (non-hydrogen) atoms. The molecule has 2 fully saturated rings. The molecule has 0 saturated carbocycles. The molecule has 3 heterocycles. The number of aliphatic hydroxyl groups is 1. The van der Waals surface area contributed by atoms with Gasteiger partial charge >= 0.3 is 0 Å². The van der Waals surface area contributed by atoms with Crippen molar-refractivity contribution in [3.8, 4) is 6.07 Å². The van der Waals surface area contributed by atoms with E-state index in [1.165, 1.54) is 15.5 Å². The minimum absolute atomic E-state index is 0.160. The van der Waals surface area contributed by atoms with Crippen molar-refractivity contribution < 1.29 is 5.11 Å². The molecule has 5 nitrogen and oxygen atoms in total. The van der Waals surface area contributed by atoms with E-state index in [0.717, 1.165) is 70.4 Å². The zero-order valence-electron chi connectivity index (χ0n) is 23.7. The molecule has 6 heteroatoms. The molecule has 2 unspecified atom stereocenters. The lowest BCUT2D eigenvalue weighted by molar-refractivity contribution is 0.104. The van der Waals surface area contributed by atoms with Crippen molar-refractivity contribution in [2.24, 2.45) is 17.8 Å². The van der Waals surface area contributed by atoms with Gasteiger partial charge in [-0.2, -0.15) is 5.26 Å². The number of nitrogens with zero attached hydrogens (tertiary/aromatic N) is 4. The maximum Gasteiger partial charge on any atom is 0.0854 e. The Balaban J connectivity index is 1.13. The summed E-state index contributed by atoms with van der Waals surface area (Å²) in [4.78, 5) is 11.7. The molecule has 210 valence electrons. The van der Waals surface area contributed by atoms with E-state index in [1.807, 2.05) is 30.6 Å². The highest BCUT2D eigenvalue weighted by atomic mass is 32.2. The largest absolute Gasteiger partial charge is 0.396 e. The topological polar surface area (TPSA) is 63.4 Å². The van der Waals surface area contributed by atoms with E-state index in [0.29, 0.717) is 11.8 Å². The van der Waals surface area contributed by atoms with Gasteiger partial charge in [0.25, 0.3) is 0 Å². The molecular weight excluding hydrogens is 512 g/mol. The number of likely N-dealkylation sites (tertiary alicyclic amines) is 1. The van der Waals surface area contributed by atoms with E-state index in [4.69, 9.17) is 0 Å². The lowest BCUT2D eigenvalue weighted by Gasteiger charge is -2.46. The molecule has 0 amide bonds. The molecule has 2 aromatic carbocycles. The van der Waals surface area contributed by atoms with Crippen LogP contribution in [0, 0.1) is 29.1 Å². The third-order valence-corrected chi connectivity index (χ3v) is 9.92. The van der Waals surface area contributed by atoms with Crippen LogP contribution < -0.4 is 4.90 Å². The fourth-order valence-corrected chi connectivity index (χ4v) is 7.52. The predicted molar refractivity (Wildman–Crippen MR) is 164 cm³/mol. The Morgan fingerprint density at radius 2 is 1.68 bits per heavy atom. The Bertz CT molecular complexity index is 1220. The zero-order valence-corrected chi connectivity index (χ0v) is 24.5. The fraction of sp³-hybridized carbons (Fsp3) is 0.471. The first-order valence-electron chi connectivity index (χ1n) is 14.9. The summed E-state index contributed by atoms with van der Waals surface area (Å²) < 4.78 is 0. The van der Waals surface area contributed by atoms with Crippen molar-refractivity contribution in [3.63, 3.8) is 0 Å². The number of benzene rings is 2. The summed E-state index contributed by atoms with van der Waals surface area (Å²) in [6, 6.07) is 26.2. The van der Waals surface area contributed by atoms with Gasteiger partial charge in [0.2, 0.25) is 0 Å². The second kappa shape index (κ2) is 13.7. The van der Waals surface area contributed by atoms with Gasteiger partial charge in [-0.1, -0.05) is 55.4 Å². The van der Waals surface area contributed by atoms with Gasteiger partial charge in [0.05, 0.1) is 11.5 Å². The molecule has 1 N–H and O–H groups in total. The molecule has 3 aromatic rings. The SMILES string of the molecule is CCCC(CO)CC(C#N)(c1ccccc1)C1CCN(CC2CN(c3ccc(Sc4ccncc4)cc3)C2)CC1. The van der Waals surface area contributed by atoms with Crippen LogP contribution in [0.3, 0.4) is 0 Å². The molecule has 2 aliphatic heterocycles. The Kier molecular flexibility index (Phi) is 9.80. The van der Waals surface area contributed by atoms with Gasteiger partial charge in [0, 0.05) is 60.0 Å². The van der Waals surface area contributed by atoms with Gasteiger partial charge < -0.3 is 14.9 Å². The number of aromatic nitrogens is 1. The highest BCUT2D eigenvalue weighted by molar-refractivity contribution is 7.99. The number of aliphatic hydroxyl groups excluding tert-OH is 1. The molecule has 2 atom stereocenters. The van der Waals surface area contributed by atoms with Crippen molar-refractivity contribution in [1.29, 1.82) is 5.26 Å². The van der Waals surface area contributed by atoms with Gasteiger partial charge in [-0.15, -0.1) is 0 Å². The van der Waals surface area contributed by atoms with Gasteiger partial charge in [0.1, 0.15) is 0 Å². The Labute approximate surface area is 244 Å². The first-order chi connectivity index (χ1) is 19.6. The number of hydrogen-bond acceptors (Lipinski definition) is 6. The minimum atomic E-state index is -0.523. The Morgan fingerprint density at radius 1 is 1.00 bits per heavy atom. The smallest absolute Gasteiger partial charge is 0.0854 e. The van der Waals surface area contributed by atoms with Crippen LogP contribution in [0.2, 0.25) is 0 Å². The van der Waals surface area contributed by atoms with E-state index in [9.17, 15) is 10.4 Å². The normalized spacial score (nSPS) is 19.0. The summed E-state index contributed by atoms with van der Waals surface area (Å²) in [7, 11) is 0. The second-order valence-electron chi connectivity index (χ2n) is 11.6. The van der Waals surface area contributed by atoms with E-state index in [-0.39, 0.29) is 12.5 Å². The molecule has 0 aliphatic carbocycles. The van der Waals surface area contributed by atoms with E-state index >= 15 is 0 Å². The first kappa shape index (κ1) is 28.7. The fourth-order valence-electron chi connectivity index (χ4n) is 6.72. The Hall–Kier alpha value is -2.85. The van der Waals surface area contributed by atoms with E-state index < -0.39 is 5.41 Å². The van der Waals surface area contributed by atoms with Gasteiger partial charge in [-0.05, 0) is 92.6 Å². The maximum atomic E-state index is 10.6. The van der Waals surface area contributed by atoms with Crippen LogP contribution in [0.15, 0.2) is 88.9 Å². The van der Waals surface area contributed by atoms with Gasteiger partial charge in [0.15, 0.2) is 0 Å². The molecule has 0 radical (unpaired) electrons. The molecule has 1 aromatic heterocycles. The average molecular weight is 555 g/mol. The van der Waals surface area contributed by atoms with Crippen molar-refractivity contribution in [1.82, 2.24) is 9.88 Å². The van der Waals surface area contributed by atoms with Crippen molar-refractivity contribution in [2.75, 3.05) is 44.2 Å². The Morgan fingerprint density at radius 3 is 2.30 bits per heavy atom. The van der Waals surface area contributed by atoms with Gasteiger partial charge in [-0.25, -0.2) is 0 Å². The molecule has 2 aliphatic rings. The van der Waals surface area contributed by atoms with Crippen LogP contribution in [0.4, 0.5) is 5.69 Å². The number of nitriles is 1. The van der Waals surface area contributed by atoms with Crippen LogP contribution in [0.1, 0.15) is 44.6 Å². The molecule has 0 spiro atoms. The number of hydrogen-bond donors (Lipinski definition) is 1. The number of pyridine rings is 1. The standard InChI is InChI=1S/C34H42N4OS/c1-2-6-27(25-39)21-34(26-35,29-7-4-3-5-8-29)30-15-19-37(20-16-30)22-28-23-38(24-28)31-9-11-32(12-10-31)40-33-13-17-36-18-14-33/h3-5,7-14,17-18,27-28,30,39H,2,6,15-16,19-25H2,1H3. The highest BCUT2D eigenvalue weighted by Crippen LogP contribution is 2.44. The van der Waals surface area contributed by atoms with Crippen LogP contribution in [0.5, 0.6) is 0 Å². The van der Waals surface area contributed by atoms with Crippen LogP contribution in [-0.2, 0) is 5.41 Å². The van der Waals surface area contributed by atoms with Crippen LogP contribution in [-0.4, -0.2) is 54.3 Å². The van der Waals surface area contributed by atoms with Crippen molar-refractivity contribution in [3.05, 3.63) is 84.7 Å². The summed E-state index contributed by atoms with van der Waals surface area (Å²) in [5, 5.41) is 20.7.